The van der Waals surface area contributed by atoms with E-state index in [0.717, 1.165) is 29.4 Å². The van der Waals surface area contributed by atoms with Crippen LogP contribution in [0.1, 0.15) is 31.6 Å². The molecule has 1 unspecified atom stereocenters. The number of nitrogens with zero attached hydrogens (tertiary/aromatic N) is 2. The molecule has 2 heterocycles. The number of para-hydroxylation sites is 1. The van der Waals surface area contributed by atoms with Crippen LogP contribution in [-0.4, -0.2) is 10.1 Å². The maximum Gasteiger partial charge on any atom is 0.261 e. The summed E-state index contributed by atoms with van der Waals surface area (Å²) in [6.45, 7) is 2.07. The standard InChI is InChI=1S/C14H15N3O2/c1-2-5-11(15)13-16-14(19-17-13)10-8-18-12-7-4-3-6-9(10)12/h3-4,6-8,11H,2,5,15H2,1H3. The number of nitrogens with two attached hydrogens (primary N) is 1. The summed E-state index contributed by atoms with van der Waals surface area (Å²) in [6.07, 6.45) is 3.46. The van der Waals surface area contributed by atoms with E-state index in [1.807, 2.05) is 24.3 Å². The van der Waals surface area contributed by atoms with Crippen LogP contribution in [0.2, 0.25) is 0 Å². The average Bonchev–Trinajstić information content (AvgIpc) is 3.05. The highest BCUT2D eigenvalue weighted by Crippen LogP contribution is 2.29. The molecule has 5 nitrogen and oxygen atoms in total. The van der Waals surface area contributed by atoms with Gasteiger partial charge in [0.25, 0.3) is 5.89 Å². The van der Waals surface area contributed by atoms with Crippen molar-refractivity contribution < 1.29 is 8.94 Å². The van der Waals surface area contributed by atoms with Crippen LogP contribution >= 0.6 is 0 Å². The van der Waals surface area contributed by atoms with Gasteiger partial charge in [-0.15, -0.1) is 0 Å². The highest BCUT2D eigenvalue weighted by atomic mass is 16.5. The van der Waals surface area contributed by atoms with E-state index >= 15 is 0 Å². The number of rotatable bonds is 4. The van der Waals surface area contributed by atoms with Gasteiger partial charge in [-0.1, -0.05) is 36.7 Å². The lowest BCUT2D eigenvalue weighted by atomic mass is 10.1. The Morgan fingerprint density at radius 3 is 3.00 bits per heavy atom. The molecule has 0 radical (unpaired) electrons. The number of hydrogen-bond acceptors (Lipinski definition) is 5. The smallest absolute Gasteiger partial charge is 0.261 e. The molecule has 0 amide bonds. The fourth-order valence-electron chi connectivity index (χ4n) is 2.08. The zero-order chi connectivity index (χ0) is 13.2. The fraction of sp³-hybridized carbons (Fsp3) is 0.286. The maximum atomic E-state index is 5.98. The third-order valence-electron chi connectivity index (χ3n) is 3.08. The highest BCUT2D eigenvalue weighted by molar-refractivity contribution is 5.91. The van der Waals surface area contributed by atoms with E-state index in [0.29, 0.717) is 11.7 Å². The summed E-state index contributed by atoms with van der Waals surface area (Å²) in [5.41, 5.74) is 7.58. The second-order valence-electron chi connectivity index (χ2n) is 4.50. The van der Waals surface area contributed by atoms with Crippen LogP contribution in [0.3, 0.4) is 0 Å². The third-order valence-corrected chi connectivity index (χ3v) is 3.08. The number of aromatic nitrogens is 2. The second-order valence-corrected chi connectivity index (χ2v) is 4.50. The first-order chi connectivity index (χ1) is 9.29. The average molecular weight is 257 g/mol. The van der Waals surface area contributed by atoms with Gasteiger partial charge in [0.05, 0.1) is 11.6 Å². The molecule has 5 heteroatoms. The molecule has 2 N–H and O–H groups in total. The molecular formula is C14H15N3O2. The molecule has 3 rings (SSSR count). The summed E-state index contributed by atoms with van der Waals surface area (Å²) in [6, 6.07) is 7.55. The molecule has 0 fully saturated rings. The number of benzene rings is 1. The van der Waals surface area contributed by atoms with Crippen LogP contribution in [0.5, 0.6) is 0 Å². The second kappa shape index (κ2) is 4.85. The Bertz CT molecular complexity index is 687. The van der Waals surface area contributed by atoms with Crippen molar-refractivity contribution in [2.75, 3.05) is 0 Å². The Balaban J connectivity index is 1.98. The molecule has 0 spiro atoms. The summed E-state index contributed by atoms with van der Waals surface area (Å²) in [4.78, 5) is 4.36. The van der Waals surface area contributed by atoms with E-state index < -0.39 is 0 Å². The molecule has 0 saturated heterocycles. The number of fused-ring (bicyclic) bond motifs is 1. The normalized spacial score (nSPS) is 12.9. The Morgan fingerprint density at radius 1 is 1.32 bits per heavy atom. The van der Waals surface area contributed by atoms with Crippen LogP contribution in [-0.2, 0) is 0 Å². The first-order valence-corrected chi connectivity index (χ1v) is 6.35. The van der Waals surface area contributed by atoms with Gasteiger partial charge >= 0.3 is 0 Å². The van der Waals surface area contributed by atoms with E-state index in [1.165, 1.54) is 0 Å². The minimum atomic E-state index is -0.180. The predicted octanol–water partition coefficient (Wildman–Crippen LogP) is 3.28. The van der Waals surface area contributed by atoms with E-state index in [9.17, 15) is 0 Å². The van der Waals surface area contributed by atoms with E-state index in [4.69, 9.17) is 14.7 Å². The van der Waals surface area contributed by atoms with Gasteiger partial charge in [-0.05, 0) is 12.5 Å². The first kappa shape index (κ1) is 11.9. The third kappa shape index (κ3) is 2.13. The molecule has 3 aromatic rings. The summed E-state index contributed by atoms with van der Waals surface area (Å²) < 4.78 is 10.7. The Hall–Kier alpha value is -2.14. The van der Waals surface area contributed by atoms with Gasteiger partial charge in [-0.25, -0.2) is 0 Å². The van der Waals surface area contributed by atoms with Crippen LogP contribution in [0, 0.1) is 0 Å². The van der Waals surface area contributed by atoms with Crippen LogP contribution < -0.4 is 5.73 Å². The molecular weight excluding hydrogens is 242 g/mol. The summed E-state index contributed by atoms with van der Waals surface area (Å²) in [5, 5.41) is 4.90. The van der Waals surface area contributed by atoms with Crippen molar-refractivity contribution in [3.05, 3.63) is 36.4 Å². The lowest BCUT2D eigenvalue weighted by molar-refractivity contribution is 0.413. The zero-order valence-electron chi connectivity index (χ0n) is 10.7. The van der Waals surface area contributed by atoms with Crippen molar-refractivity contribution in [1.29, 1.82) is 0 Å². The van der Waals surface area contributed by atoms with Crippen molar-refractivity contribution in [2.45, 2.75) is 25.8 Å². The van der Waals surface area contributed by atoms with E-state index in [2.05, 4.69) is 17.1 Å². The number of hydrogen-bond donors (Lipinski definition) is 1. The Kier molecular flexibility index (Phi) is 3.05. The van der Waals surface area contributed by atoms with Crippen molar-refractivity contribution in [2.24, 2.45) is 5.73 Å². The van der Waals surface area contributed by atoms with Crippen LogP contribution in [0.25, 0.3) is 22.4 Å². The van der Waals surface area contributed by atoms with Gasteiger partial charge in [0, 0.05) is 5.39 Å². The SMILES string of the molecule is CCCC(N)c1noc(-c2coc3ccccc23)n1. The molecule has 0 aliphatic carbocycles. The molecule has 0 aliphatic rings. The topological polar surface area (TPSA) is 78.1 Å². The van der Waals surface area contributed by atoms with Crippen molar-refractivity contribution in [1.82, 2.24) is 10.1 Å². The maximum absolute atomic E-state index is 5.98. The van der Waals surface area contributed by atoms with Gasteiger partial charge in [-0.2, -0.15) is 4.98 Å². The van der Waals surface area contributed by atoms with Gasteiger partial charge in [-0.3, -0.25) is 0 Å². The fourth-order valence-corrected chi connectivity index (χ4v) is 2.08. The number of furan rings is 1. The summed E-state index contributed by atoms with van der Waals surface area (Å²) >= 11 is 0. The quantitative estimate of drug-likeness (QED) is 0.776. The molecule has 98 valence electrons. The van der Waals surface area contributed by atoms with Gasteiger partial charge in [0.1, 0.15) is 11.8 Å². The molecule has 0 bridgehead atoms. The first-order valence-electron chi connectivity index (χ1n) is 6.35. The zero-order valence-corrected chi connectivity index (χ0v) is 10.7. The minimum Gasteiger partial charge on any atom is -0.463 e. The molecule has 1 aromatic carbocycles. The van der Waals surface area contributed by atoms with Crippen molar-refractivity contribution >= 4 is 11.0 Å². The summed E-state index contributed by atoms with van der Waals surface area (Å²) in [5.74, 6) is 0.994. The molecule has 0 aliphatic heterocycles. The highest BCUT2D eigenvalue weighted by Gasteiger charge is 2.17. The monoisotopic (exact) mass is 257 g/mol. The van der Waals surface area contributed by atoms with Gasteiger partial charge < -0.3 is 14.7 Å². The largest absolute Gasteiger partial charge is 0.463 e. The molecule has 2 aromatic heterocycles. The van der Waals surface area contributed by atoms with E-state index in [-0.39, 0.29) is 6.04 Å². The van der Waals surface area contributed by atoms with Gasteiger partial charge in [0.2, 0.25) is 0 Å². The predicted molar refractivity (Wildman–Crippen MR) is 71.3 cm³/mol. The lowest BCUT2D eigenvalue weighted by Crippen LogP contribution is -2.11. The Labute approximate surface area is 110 Å². The van der Waals surface area contributed by atoms with Crippen LogP contribution in [0.4, 0.5) is 0 Å². The van der Waals surface area contributed by atoms with Crippen molar-refractivity contribution in [3.63, 3.8) is 0 Å². The van der Waals surface area contributed by atoms with Crippen LogP contribution in [0.15, 0.2) is 39.5 Å². The Morgan fingerprint density at radius 2 is 2.16 bits per heavy atom. The van der Waals surface area contributed by atoms with E-state index in [1.54, 1.807) is 6.26 Å². The lowest BCUT2D eigenvalue weighted by Gasteiger charge is -2.02. The minimum absolute atomic E-state index is 0.180. The summed E-state index contributed by atoms with van der Waals surface area (Å²) in [7, 11) is 0. The van der Waals surface area contributed by atoms with Gasteiger partial charge in [0.15, 0.2) is 5.82 Å². The molecule has 1 atom stereocenters. The molecule has 0 saturated carbocycles. The molecule has 19 heavy (non-hydrogen) atoms. The van der Waals surface area contributed by atoms with Crippen molar-refractivity contribution in [3.8, 4) is 11.5 Å².